The second-order valence-corrected chi connectivity index (χ2v) is 9.81. The zero-order valence-corrected chi connectivity index (χ0v) is 12.6. The minimum atomic E-state index is -1.65. The monoisotopic (exact) mass is 239 g/mol. The van der Waals surface area contributed by atoms with Gasteiger partial charge in [-0.05, 0) is 52.8 Å². The van der Waals surface area contributed by atoms with Crippen LogP contribution in [0, 0.1) is 11.3 Å². The van der Waals surface area contributed by atoms with Crippen LogP contribution >= 0.6 is 0 Å². The van der Waals surface area contributed by atoms with Crippen LogP contribution in [0.5, 0.6) is 0 Å². The number of nitriles is 1. The zero-order chi connectivity index (χ0) is 12.8. The molecule has 3 heteroatoms. The first kappa shape index (κ1) is 15.4. The summed E-state index contributed by atoms with van der Waals surface area (Å²) in [5, 5.41) is 9.24. The van der Waals surface area contributed by atoms with Gasteiger partial charge in [0.25, 0.3) is 0 Å². The molecule has 16 heavy (non-hydrogen) atoms. The Bertz CT molecular complexity index is 287. The fraction of sp³-hybridized carbons (Fsp3) is 0.769. The first-order valence-corrected chi connectivity index (χ1v) is 9.11. The van der Waals surface area contributed by atoms with Crippen LogP contribution < -0.4 is 0 Å². The number of rotatable bonds is 6. The molecule has 0 aliphatic rings. The van der Waals surface area contributed by atoms with Gasteiger partial charge in [-0.15, -0.1) is 0 Å². The van der Waals surface area contributed by atoms with E-state index in [1.54, 1.807) is 0 Å². The minimum Gasteiger partial charge on any atom is -0.400 e. The molecule has 0 N–H and O–H groups in total. The molecule has 0 spiro atoms. The van der Waals surface area contributed by atoms with Gasteiger partial charge in [0.15, 0.2) is 8.32 Å². The molecule has 0 aliphatic carbocycles. The SMILES string of the molecule is CC[Si](C)(C)O[C@](C)(C#N)CCC=C(C)C. The van der Waals surface area contributed by atoms with Gasteiger partial charge in [-0.1, -0.05) is 18.6 Å². The van der Waals surface area contributed by atoms with E-state index in [1.807, 2.05) is 6.92 Å². The molecule has 0 amide bonds. The highest BCUT2D eigenvalue weighted by Gasteiger charge is 2.32. The predicted molar refractivity (Wildman–Crippen MR) is 71.7 cm³/mol. The van der Waals surface area contributed by atoms with Crippen molar-refractivity contribution < 1.29 is 4.43 Å². The maximum Gasteiger partial charge on any atom is 0.188 e. The summed E-state index contributed by atoms with van der Waals surface area (Å²) in [5.41, 5.74) is 0.685. The highest BCUT2D eigenvalue weighted by atomic mass is 28.4. The molecule has 0 rings (SSSR count). The fourth-order valence-electron chi connectivity index (χ4n) is 1.45. The summed E-state index contributed by atoms with van der Waals surface area (Å²) in [6.07, 6.45) is 3.87. The van der Waals surface area contributed by atoms with Gasteiger partial charge < -0.3 is 4.43 Å². The number of hydrogen-bond donors (Lipinski definition) is 0. The van der Waals surface area contributed by atoms with Crippen LogP contribution in [-0.4, -0.2) is 13.9 Å². The van der Waals surface area contributed by atoms with Gasteiger partial charge in [0.2, 0.25) is 0 Å². The third-order valence-electron chi connectivity index (χ3n) is 2.76. The molecule has 0 aliphatic heterocycles. The van der Waals surface area contributed by atoms with Gasteiger partial charge in [0.1, 0.15) is 5.60 Å². The van der Waals surface area contributed by atoms with E-state index in [-0.39, 0.29) is 0 Å². The Balaban J connectivity index is 4.45. The average molecular weight is 239 g/mol. The standard InChI is InChI=1S/C13H25NOSi/c1-7-16(5,6)15-13(4,11-14)10-8-9-12(2)3/h9H,7-8,10H2,1-6H3/t13-/m0/s1. The Morgan fingerprint density at radius 3 is 2.38 bits per heavy atom. The van der Waals surface area contributed by atoms with Crippen LogP contribution in [0.2, 0.25) is 19.1 Å². The Morgan fingerprint density at radius 2 is 2.00 bits per heavy atom. The zero-order valence-electron chi connectivity index (χ0n) is 11.6. The van der Waals surface area contributed by atoms with Crippen LogP contribution in [0.4, 0.5) is 0 Å². The molecule has 2 nitrogen and oxygen atoms in total. The number of allylic oxidation sites excluding steroid dienone is 2. The molecule has 1 atom stereocenters. The van der Waals surface area contributed by atoms with Gasteiger partial charge in [-0.3, -0.25) is 0 Å². The molecule has 92 valence electrons. The maximum absolute atomic E-state index is 9.24. The third kappa shape index (κ3) is 6.09. The largest absolute Gasteiger partial charge is 0.400 e. The molecular weight excluding hydrogens is 214 g/mol. The molecule has 0 aromatic carbocycles. The van der Waals surface area contributed by atoms with E-state index in [4.69, 9.17) is 4.43 Å². The van der Waals surface area contributed by atoms with E-state index in [9.17, 15) is 5.26 Å². The van der Waals surface area contributed by atoms with Crippen molar-refractivity contribution in [3.63, 3.8) is 0 Å². The quantitative estimate of drug-likeness (QED) is 0.512. The van der Waals surface area contributed by atoms with Crippen molar-refractivity contribution in [3.05, 3.63) is 11.6 Å². The predicted octanol–water partition coefficient (Wildman–Crippen LogP) is 4.26. The van der Waals surface area contributed by atoms with Crippen molar-refractivity contribution in [1.82, 2.24) is 0 Å². The topological polar surface area (TPSA) is 33.0 Å². The molecule has 0 fully saturated rings. The van der Waals surface area contributed by atoms with Crippen LogP contribution in [-0.2, 0) is 4.43 Å². The summed E-state index contributed by atoms with van der Waals surface area (Å²) in [6, 6.07) is 3.37. The molecular formula is C13H25NOSi. The van der Waals surface area contributed by atoms with Crippen LogP contribution in [0.15, 0.2) is 11.6 Å². The Kier molecular flexibility index (Phi) is 5.99. The molecule has 0 saturated heterocycles. The highest BCUT2D eigenvalue weighted by molar-refractivity contribution is 6.71. The van der Waals surface area contributed by atoms with Gasteiger partial charge in [0, 0.05) is 0 Å². The van der Waals surface area contributed by atoms with Crippen LogP contribution in [0.1, 0.15) is 40.5 Å². The van der Waals surface area contributed by atoms with Crippen LogP contribution in [0.3, 0.4) is 0 Å². The van der Waals surface area contributed by atoms with E-state index in [0.29, 0.717) is 0 Å². The smallest absolute Gasteiger partial charge is 0.188 e. The van der Waals surface area contributed by atoms with Gasteiger partial charge in [0.05, 0.1) is 6.07 Å². The van der Waals surface area contributed by atoms with Gasteiger partial charge >= 0.3 is 0 Å². The summed E-state index contributed by atoms with van der Waals surface area (Å²) in [6.45, 7) is 12.5. The number of nitrogens with zero attached hydrogens (tertiary/aromatic N) is 1. The second kappa shape index (κ2) is 6.22. The van der Waals surface area contributed by atoms with Crippen molar-refractivity contribution in [2.24, 2.45) is 0 Å². The van der Waals surface area contributed by atoms with Crippen molar-refractivity contribution in [2.75, 3.05) is 0 Å². The first-order valence-electron chi connectivity index (χ1n) is 5.99. The lowest BCUT2D eigenvalue weighted by molar-refractivity contribution is 0.129. The lowest BCUT2D eigenvalue weighted by atomic mass is 10.0. The molecule has 0 aromatic heterocycles. The fourth-order valence-corrected chi connectivity index (χ4v) is 2.96. The average Bonchev–Trinajstić information content (AvgIpc) is 2.16. The van der Waals surface area contributed by atoms with Gasteiger partial charge in [-0.2, -0.15) is 5.26 Å². The summed E-state index contributed by atoms with van der Waals surface area (Å²) < 4.78 is 6.05. The number of hydrogen-bond acceptors (Lipinski definition) is 2. The Hall–Kier alpha value is -0.593. The molecule has 0 heterocycles. The van der Waals surface area contributed by atoms with E-state index in [1.165, 1.54) is 5.57 Å². The summed E-state index contributed by atoms with van der Waals surface area (Å²) in [5.74, 6) is 0. The van der Waals surface area contributed by atoms with Crippen LogP contribution in [0.25, 0.3) is 0 Å². The lowest BCUT2D eigenvalue weighted by Crippen LogP contribution is -2.41. The van der Waals surface area contributed by atoms with E-state index in [0.717, 1.165) is 18.9 Å². The maximum atomic E-state index is 9.24. The molecule has 0 aromatic rings. The first-order chi connectivity index (χ1) is 7.24. The van der Waals surface area contributed by atoms with E-state index in [2.05, 4.69) is 46.0 Å². The molecule has 0 unspecified atom stereocenters. The summed E-state index contributed by atoms with van der Waals surface area (Å²) in [7, 11) is -1.65. The van der Waals surface area contributed by atoms with Crippen molar-refractivity contribution in [3.8, 4) is 6.07 Å². The molecule has 0 saturated carbocycles. The van der Waals surface area contributed by atoms with Gasteiger partial charge in [-0.25, -0.2) is 0 Å². The third-order valence-corrected chi connectivity index (χ3v) is 5.47. The van der Waals surface area contributed by atoms with E-state index >= 15 is 0 Å². The normalized spacial score (nSPS) is 15.1. The van der Waals surface area contributed by atoms with Crippen molar-refractivity contribution >= 4 is 8.32 Å². The summed E-state index contributed by atoms with van der Waals surface area (Å²) >= 11 is 0. The van der Waals surface area contributed by atoms with Crippen molar-refractivity contribution in [1.29, 1.82) is 5.26 Å². The Labute approximate surface area is 101 Å². The Morgan fingerprint density at radius 1 is 1.44 bits per heavy atom. The minimum absolute atomic E-state index is 0.613. The highest BCUT2D eigenvalue weighted by Crippen LogP contribution is 2.24. The molecule has 0 radical (unpaired) electrons. The second-order valence-electron chi connectivity index (χ2n) is 5.38. The lowest BCUT2D eigenvalue weighted by Gasteiger charge is -2.32. The van der Waals surface area contributed by atoms with E-state index < -0.39 is 13.9 Å². The summed E-state index contributed by atoms with van der Waals surface area (Å²) in [4.78, 5) is 0. The molecule has 0 bridgehead atoms. The van der Waals surface area contributed by atoms with Crippen molar-refractivity contribution in [2.45, 2.75) is 65.3 Å².